The second-order valence-electron chi connectivity index (χ2n) is 4.21. The average Bonchev–Trinajstić information content (AvgIpc) is 2.39. The van der Waals surface area contributed by atoms with Gasteiger partial charge in [0.05, 0.1) is 11.4 Å². The lowest BCUT2D eigenvalue weighted by molar-refractivity contribution is 0.480. The van der Waals surface area contributed by atoms with E-state index in [1.807, 2.05) is 49.4 Å². The molecule has 2 heterocycles. The molecule has 0 amide bonds. The van der Waals surface area contributed by atoms with Gasteiger partial charge in [-0.3, -0.25) is 4.98 Å². The van der Waals surface area contributed by atoms with Gasteiger partial charge in [0.25, 0.3) is 0 Å². The summed E-state index contributed by atoms with van der Waals surface area (Å²) in [5.74, 6) is 0.196. The van der Waals surface area contributed by atoms with E-state index in [1.54, 1.807) is 6.07 Å². The van der Waals surface area contributed by atoms with Crippen molar-refractivity contribution in [1.82, 2.24) is 9.97 Å². The Labute approximate surface area is 105 Å². The van der Waals surface area contributed by atoms with Crippen molar-refractivity contribution < 1.29 is 5.11 Å². The van der Waals surface area contributed by atoms with Crippen LogP contribution in [0, 0.1) is 6.92 Å². The Morgan fingerprint density at radius 2 is 1.61 bits per heavy atom. The highest BCUT2D eigenvalue weighted by molar-refractivity contribution is 5.86. The zero-order valence-corrected chi connectivity index (χ0v) is 9.96. The number of pyridine rings is 2. The molecule has 3 nitrogen and oxygen atoms in total. The summed E-state index contributed by atoms with van der Waals surface area (Å²) in [6.07, 6.45) is 0. The van der Waals surface area contributed by atoms with Gasteiger partial charge >= 0.3 is 0 Å². The smallest absolute Gasteiger partial charge is 0.141 e. The normalized spacial score (nSPS) is 10.7. The molecule has 0 spiro atoms. The van der Waals surface area contributed by atoms with E-state index >= 15 is 0 Å². The second-order valence-corrected chi connectivity index (χ2v) is 4.21. The first-order valence-electron chi connectivity index (χ1n) is 5.77. The Kier molecular flexibility index (Phi) is 2.45. The lowest BCUT2D eigenvalue weighted by Gasteiger charge is -2.04. The Hall–Kier alpha value is -2.42. The van der Waals surface area contributed by atoms with Crippen molar-refractivity contribution in [3.05, 3.63) is 54.2 Å². The largest absolute Gasteiger partial charge is 0.506 e. The zero-order valence-electron chi connectivity index (χ0n) is 9.96. The van der Waals surface area contributed by atoms with Gasteiger partial charge in [0, 0.05) is 11.1 Å². The molecule has 0 bridgehead atoms. The third-order valence-electron chi connectivity index (χ3n) is 2.85. The third kappa shape index (κ3) is 1.80. The van der Waals surface area contributed by atoms with Crippen molar-refractivity contribution in [2.75, 3.05) is 0 Å². The van der Waals surface area contributed by atoms with E-state index in [-0.39, 0.29) is 5.75 Å². The number of aryl methyl sites for hydroxylation is 1. The molecule has 2 aromatic heterocycles. The fraction of sp³-hybridized carbons (Fsp3) is 0.0667. The summed E-state index contributed by atoms with van der Waals surface area (Å²) in [4.78, 5) is 8.91. The molecular formula is C15H12N2O. The van der Waals surface area contributed by atoms with Crippen LogP contribution in [-0.2, 0) is 0 Å². The predicted molar refractivity (Wildman–Crippen MR) is 71.4 cm³/mol. The van der Waals surface area contributed by atoms with Crippen LogP contribution in [0.25, 0.3) is 22.3 Å². The van der Waals surface area contributed by atoms with Crippen LogP contribution in [0.15, 0.2) is 48.5 Å². The van der Waals surface area contributed by atoms with Gasteiger partial charge in [-0.25, -0.2) is 4.98 Å². The fourth-order valence-corrected chi connectivity index (χ4v) is 1.96. The van der Waals surface area contributed by atoms with Crippen LogP contribution < -0.4 is 0 Å². The van der Waals surface area contributed by atoms with Gasteiger partial charge in [0.2, 0.25) is 0 Å². The summed E-state index contributed by atoms with van der Waals surface area (Å²) < 4.78 is 0. The number of phenols is 1. The summed E-state index contributed by atoms with van der Waals surface area (Å²) in [7, 11) is 0. The Balaban J connectivity index is 2.22. The molecule has 88 valence electrons. The van der Waals surface area contributed by atoms with E-state index in [0.29, 0.717) is 5.52 Å². The second kappa shape index (κ2) is 4.11. The first-order valence-corrected chi connectivity index (χ1v) is 5.77. The molecule has 3 heteroatoms. The topological polar surface area (TPSA) is 46.0 Å². The van der Waals surface area contributed by atoms with E-state index in [9.17, 15) is 5.11 Å². The first kappa shape index (κ1) is 10.7. The van der Waals surface area contributed by atoms with Crippen LogP contribution in [0.5, 0.6) is 5.75 Å². The van der Waals surface area contributed by atoms with Crippen molar-refractivity contribution >= 4 is 10.9 Å². The van der Waals surface area contributed by atoms with Gasteiger partial charge in [-0.2, -0.15) is 0 Å². The van der Waals surface area contributed by atoms with Crippen molar-refractivity contribution in [2.45, 2.75) is 6.92 Å². The molecule has 0 saturated heterocycles. The molecule has 1 N–H and O–H groups in total. The molecule has 3 aromatic rings. The molecule has 18 heavy (non-hydrogen) atoms. The molecular weight excluding hydrogens is 224 g/mol. The average molecular weight is 236 g/mol. The number of para-hydroxylation sites is 1. The molecule has 0 saturated carbocycles. The minimum absolute atomic E-state index is 0.196. The number of aromatic hydroxyl groups is 1. The van der Waals surface area contributed by atoms with Gasteiger partial charge in [0.15, 0.2) is 0 Å². The number of rotatable bonds is 1. The summed E-state index contributed by atoms with van der Waals surface area (Å²) in [5, 5.41) is 10.7. The van der Waals surface area contributed by atoms with E-state index < -0.39 is 0 Å². The van der Waals surface area contributed by atoms with Gasteiger partial charge in [0.1, 0.15) is 11.3 Å². The van der Waals surface area contributed by atoms with Crippen LogP contribution in [0.2, 0.25) is 0 Å². The van der Waals surface area contributed by atoms with E-state index in [2.05, 4.69) is 9.97 Å². The van der Waals surface area contributed by atoms with Crippen LogP contribution in [0.1, 0.15) is 5.69 Å². The van der Waals surface area contributed by atoms with Crippen molar-refractivity contribution in [3.63, 3.8) is 0 Å². The maximum absolute atomic E-state index is 9.81. The number of nitrogens with zero attached hydrogens (tertiary/aromatic N) is 2. The Bertz CT molecular complexity index is 723. The van der Waals surface area contributed by atoms with E-state index in [1.165, 1.54) is 0 Å². The van der Waals surface area contributed by atoms with Crippen LogP contribution >= 0.6 is 0 Å². The fourth-order valence-electron chi connectivity index (χ4n) is 1.96. The maximum atomic E-state index is 9.81. The lowest BCUT2D eigenvalue weighted by Crippen LogP contribution is -1.90. The number of hydrogen-bond donors (Lipinski definition) is 1. The standard InChI is InChI=1S/C15H12N2O/c1-10-4-2-6-12(16-10)13-9-8-11-5-3-7-14(18)15(11)17-13/h2-9,18H,1H3. The zero-order chi connectivity index (χ0) is 12.5. The molecule has 0 aliphatic heterocycles. The number of benzene rings is 1. The van der Waals surface area contributed by atoms with Crippen molar-refractivity contribution in [1.29, 1.82) is 0 Å². The third-order valence-corrected chi connectivity index (χ3v) is 2.85. The van der Waals surface area contributed by atoms with E-state index in [4.69, 9.17) is 0 Å². The molecule has 3 rings (SSSR count). The van der Waals surface area contributed by atoms with Crippen LogP contribution in [0.3, 0.4) is 0 Å². The monoisotopic (exact) mass is 236 g/mol. The van der Waals surface area contributed by atoms with Gasteiger partial charge in [-0.15, -0.1) is 0 Å². The molecule has 0 unspecified atom stereocenters. The Morgan fingerprint density at radius 1 is 0.833 bits per heavy atom. The van der Waals surface area contributed by atoms with Crippen molar-refractivity contribution in [2.24, 2.45) is 0 Å². The summed E-state index contributed by atoms with van der Waals surface area (Å²) in [6, 6.07) is 15.1. The molecule has 0 aliphatic rings. The minimum atomic E-state index is 0.196. The van der Waals surface area contributed by atoms with Gasteiger partial charge < -0.3 is 5.11 Å². The maximum Gasteiger partial charge on any atom is 0.141 e. The molecule has 0 atom stereocenters. The first-order chi connectivity index (χ1) is 8.74. The van der Waals surface area contributed by atoms with Gasteiger partial charge in [-0.1, -0.05) is 24.3 Å². The number of phenolic OH excluding ortho intramolecular Hbond substituents is 1. The minimum Gasteiger partial charge on any atom is -0.506 e. The summed E-state index contributed by atoms with van der Waals surface area (Å²) >= 11 is 0. The predicted octanol–water partition coefficient (Wildman–Crippen LogP) is 3.31. The molecule has 0 fully saturated rings. The Morgan fingerprint density at radius 3 is 2.44 bits per heavy atom. The van der Waals surface area contributed by atoms with E-state index in [0.717, 1.165) is 22.5 Å². The SMILES string of the molecule is Cc1cccc(-c2ccc3cccc(O)c3n2)n1. The van der Waals surface area contributed by atoms with Crippen LogP contribution in [-0.4, -0.2) is 15.1 Å². The lowest BCUT2D eigenvalue weighted by atomic mass is 10.1. The molecule has 0 aliphatic carbocycles. The van der Waals surface area contributed by atoms with Crippen LogP contribution in [0.4, 0.5) is 0 Å². The highest BCUT2D eigenvalue weighted by Crippen LogP contribution is 2.25. The number of hydrogen-bond acceptors (Lipinski definition) is 3. The molecule has 0 radical (unpaired) electrons. The highest BCUT2D eigenvalue weighted by Gasteiger charge is 2.05. The summed E-state index contributed by atoms with van der Waals surface area (Å²) in [6.45, 7) is 1.95. The highest BCUT2D eigenvalue weighted by atomic mass is 16.3. The molecule has 1 aromatic carbocycles. The number of fused-ring (bicyclic) bond motifs is 1. The number of aromatic nitrogens is 2. The van der Waals surface area contributed by atoms with Crippen molar-refractivity contribution in [3.8, 4) is 17.1 Å². The quantitative estimate of drug-likeness (QED) is 0.705. The van der Waals surface area contributed by atoms with Gasteiger partial charge in [-0.05, 0) is 31.2 Å². The summed E-state index contributed by atoms with van der Waals surface area (Å²) in [5.41, 5.74) is 3.15.